The third-order valence-corrected chi connectivity index (χ3v) is 7.41. The van der Waals surface area contributed by atoms with E-state index in [1.54, 1.807) is 18.6 Å². The van der Waals surface area contributed by atoms with Gasteiger partial charge in [-0.05, 0) is 69.9 Å². The summed E-state index contributed by atoms with van der Waals surface area (Å²) in [4.78, 5) is 23.3. The van der Waals surface area contributed by atoms with Gasteiger partial charge in [-0.25, -0.2) is 15.0 Å². The summed E-state index contributed by atoms with van der Waals surface area (Å²) in [6.07, 6.45) is 7.23. The van der Waals surface area contributed by atoms with Crippen molar-refractivity contribution in [1.82, 2.24) is 24.9 Å². The van der Waals surface area contributed by atoms with E-state index in [-0.39, 0.29) is 0 Å². The number of hydrogen-bond acceptors (Lipinski definition) is 5. The van der Waals surface area contributed by atoms with Crippen molar-refractivity contribution in [3.63, 3.8) is 0 Å². The van der Waals surface area contributed by atoms with Crippen LogP contribution in [0.25, 0.3) is 67.2 Å². The SMILES string of the molecule is Brc1cc(-c2cccnc2)cc(-c2nc(-c3ccc(-c4ccncc4)cc3)nc(-c3ccc4ccccc4c3)n2)c1. The van der Waals surface area contributed by atoms with Crippen molar-refractivity contribution < 1.29 is 0 Å². The van der Waals surface area contributed by atoms with E-state index in [9.17, 15) is 0 Å². The number of hydrogen-bond donors (Lipinski definition) is 0. The van der Waals surface area contributed by atoms with Crippen molar-refractivity contribution in [2.75, 3.05) is 0 Å². The molecule has 6 heteroatoms. The maximum Gasteiger partial charge on any atom is 0.164 e. The first-order chi connectivity index (χ1) is 20.2. The van der Waals surface area contributed by atoms with Crippen LogP contribution >= 0.6 is 15.9 Å². The molecule has 7 aromatic rings. The van der Waals surface area contributed by atoms with Crippen molar-refractivity contribution >= 4 is 26.7 Å². The van der Waals surface area contributed by atoms with Crippen LogP contribution < -0.4 is 0 Å². The molecular formula is C35H22BrN5. The molecule has 0 amide bonds. The lowest BCUT2D eigenvalue weighted by Gasteiger charge is -2.11. The highest BCUT2D eigenvalue weighted by molar-refractivity contribution is 9.10. The molecule has 0 fully saturated rings. The standard InChI is InChI=1S/C35H22BrN5/c36-32-20-30(29-6-3-15-38-22-29)19-31(21-32)35-40-33(26-10-7-24(8-11-26)25-13-16-37-17-14-25)39-34(41-35)28-12-9-23-4-1-2-5-27(23)18-28/h1-22H. The van der Waals surface area contributed by atoms with E-state index >= 15 is 0 Å². The van der Waals surface area contributed by atoms with Gasteiger partial charge in [-0.15, -0.1) is 0 Å². The maximum absolute atomic E-state index is 4.98. The van der Waals surface area contributed by atoms with Gasteiger partial charge in [-0.2, -0.15) is 0 Å². The number of halogens is 1. The lowest BCUT2D eigenvalue weighted by molar-refractivity contribution is 1.07. The van der Waals surface area contributed by atoms with Crippen LogP contribution in [-0.4, -0.2) is 24.9 Å². The second-order valence-electron chi connectivity index (χ2n) is 9.65. The van der Waals surface area contributed by atoms with Crippen LogP contribution in [0.1, 0.15) is 0 Å². The zero-order valence-electron chi connectivity index (χ0n) is 21.8. The van der Waals surface area contributed by atoms with E-state index in [0.717, 1.165) is 48.8 Å². The van der Waals surface area contributed by atoms with Gasteiger partial charge in [-0.1, -0.05) is 82.7 Å². The summed E-state index contributed by atoms with van der Waals surface area (Å²) in [5.74, 6) is 1.84. The Morgan fingerprint density at radius 1 is 0.390 bits per heavy atom. The Balaban J connectivity index is 1.38. The van der Waals surface area contributed by atoms with E-state index in [0.29, 0.717) is 17.5 Å². The lowest BCUT2D eigenvalue weighted by atomic mass is 10.0. The smallest absolute Gasteiger partial charge is 0.164 e. The van der Waals surface area contributed by atoms with Gasteiger partial charge in [0.05, 0.1) is 0 Å². The molecule has 0 bridgehead atoms. The fourth-order valence-electron chi connectivity index (χ4n) is 4.87. The fourth-order valence-corrected chi connectivity index (χ4v) is 5.36. The molecule has 0 aliphatic carbocycles. The molecule has 0 aliphatic rings. The van der Waals surface area contributed by atoms with E-state index in [1.165, 1.54) is 5.39 Å². The van der Waals surface area contributed by atoms with Crippen molar-refractivity contribution in [3.05, 3.63) is 138 Å². The van der Waals surface area contributed by atoms with Crippen molar-refractivity contribution in [1.29, 1.82) is 0 Å². The third kappa shape index (κ3) is 5.25. The molecule has 5 nitrogen and oxygen atoms in total. The van der Waals surface area contributed by atoms with Gasteiger partial charge in [0.2, 0.25) is 0 Å². The molecule has 0 saturated heterocycles. The summed E-state index contributed by atoms with van der Waals surface area (Å²) in [5.41, 5.74) is 6.99. The molecule has 3 heterocycles. The molecule has 0 atom stereocenters. The Morgan fingerprint density at radius 2 is 1.02 bits per heavy atom. The minimum absolute atomic E-state index is 0.600. The molecule has 194 valence electrons. The molecule has 7 rings (SSSR count). The highest BCUT2D eigenvalue weighted by atomic mass is 79.9. The first kappa shape index (κ1) is 24.9. The average molecular weight is 593 g/mol. The molecule has 3 aromatic heterocycles. The maximum atomic E-state index is 4.98. The summed E-state index contributed by atoms with van der Waals surface area (Å²) in [6, 6.07) is 37.1. The van der Waals surface area contributed by atoms with E-state index < -0.39 is 0 Å². The average Bonchev–Trinajstić information content (AvgIpc) is 3.05. The minimum Gasteiger partial charge on any atom is -0.265 e. The lowest BCUT2D eigenvalue weighted by Crippen LogP contribution is -2.00. The Hall–Kier alpha value is -5.07. The van der Waals surface area contributed by atoms with Gasteiger partial charge >= 0.3 is 0 Å². The van der Waals surface area contributed by atoms with Crippen molar-refractivity contribution in [2.24, 2.45) is 0 Å². The Labute approximate surface area is 245 Å². The number of benzene rings is 4. The molecule has 0 saturated carbocycles. The van der Waals surface area contributed by atoms with Gasteiger partial charge in [-0.3, -0.25) is 9.97 Å². The largest absolute Gasteiger partial charge is 0.265 e. The molecule has 4 aromatic carbocycles. The predicted molar refractivity (Wildman–Crippen MR) is 168 cm³/mol. The first-order valence-corrected chi connectivity index (χ1v) is 14.0. The number of nitrogens with zero attached hydrogens (tertiary/aromatic N) is 5. The highest BCUT2D eigenvalue weighted by Crippen LogP contribution is 2.32. The number of fused-ring (bicyclic) bond motifs is 1. The fraction of sp³-hybridized carbons (Fsp3) is 0. The third-order valence-electron chi connectivity index (χ3n) is 6.95. The zero-order chi connectivity index (χ0) is 27.6. The Morgan fingerprint density at radius 3 is 1.78 bits per heavy atom. The second kappa shape index (κ2) is 10.8. The Bertz CT molecular complexity index is 1990. The van der Waals surface area contributed by atoms with Crippen LogP contribution in [0.2, 0.25) is 0 Å². The van der Waals surface area contributed by atoms with Crippen LogP contribution in [0.5, 0.6) is 0 Å². The molecule has 41 heavy (non-hydrogen) atoms. The normalized spacial score (nSPS) is 11.0. The van der Waals surface area contributed by atoms with Crippen LogP contribution in [0, 0.1) is 0 Å². The van der Waals surface area contributed by atoms with Gasteiger partial charge in [0, 0.05) is 51.5 Å². The molecular weight excluding hydrogens is 570 g/mol. The topological polar surface area (TPSA) is 64.5 Å². The molecule has 0 radical (unpaired) electrons. The summed E-state index contributed by atoms with van der Waals surface area (Å²) in [7, 11) is 0. The summed E-state index contributed by atoms with van der Waals surface area (Å²) in [6.45, 7) is 0. The molecule has 0 aliphatic heterocycles. The van der Waals surface area contributed by atoms with Gasteiger partial charge in [0.15, 0.2) is 17.5 Å². The van der Waals surface area contributed by atoms with E-state index in [4.69, 9.17) is 15.0 Å². The number of rotatable bonds is 5. The van der Waals surface area contributed by atoms with E-state index in [2.05, 4.69) is 92.6 Å². The minimum atomic E-state index is 0.600. The highest BCUT2D eigenvalue weighted by Gasteiger charge is 2.14. The predicted octanol–water partition coefficient (Wildman–Crippen LogP) is 8.91. The Kier molecular flexibility index (Phi) is 6.59. The van der Waals surface area contributed by atoms with Crippen molar-refractivity contribution in [2.45, 2.75) is 0 Å². The summed E-state index contributed by atoms with van der Waals surface area (Å²) in [5, 5.41) is 2.31. The monoisotopic (exact) mass is 591 g/mol. The second-order valence-corrected chi connectivity index (χ2v) is 10.6. The summed E-state index contributed by atoms with van der Waals surface area (Å²) >= 11 is 3.70. The molecule has 0 spiro atoms. The zero-order valence-corrected chi connectivity index (χ0v) is 23.4. The first-order valence-electron chi connectivity index (χ1n) is 13.2. The molecule has 0 N–H and O–H groups in total. The van der Waals surface area contributed by atoms with Crippen molar-refractivity contribution in [3.8, 4) is 56.4 Å². The van der Waals surface area contributed by atoms with Gasteiger partial charge < -0.3 is 0 Å². The number of aromatic nitrogens is 5. The van der Waals surface area contributed by atoms with Gasteiger partial charge in [0.1, 0.15) is 0 Å². The molecule has 0 unspecified atom stereocenters. The van der Waals surface area contributed by atoms with E-state index in [1.807, 2.05) is 48.7 Å². The van der Waals surface area contributed by atoms with Gasteiger partial charge in [0.25, 0.3) is 0 Å². The van der Waals surface area contributed by atoms with Crippen LogP contribution in [0.15, 0.2) is 138 Å². The van der Waals surface area contributed by atoms with Crippen LogP contribution in [0.3, 0.4) is 0 Å². The quantitative estimate of drug-likeness (QED) is 0.200. The van der Waals surface area contributed by atoms with Crippen LogP contribution in [0.4, 0.5) is 0 Å². The van der Waals surface area contributed by atoms with Crippen LogP contribution in [-0.2, 0) is 0 Å². The number of pyridine rings is 2. The summed E-state index contributed by atoms with van der Waals surface area (Å²) < 4.78 is 0.935.